The molecule has 0 atom stereocenters. The second-order valence-corrected chi connectivity index (χ2v) is 6.12. The molecule has 1 heterocycles. The second-order valence-electron chi connectivity index (χ2n) is 4.41. The van der Waals surface area contributed by atoms with Crippen LogP contribution in [0.2, 0.25) is 0 Å². The number of nitrogens with zero attached hydrogens (tertiary/aromatic N) is 2. The fourth-order valence-electron chi connectivity index (χ4n) is 1.91. The molecule has 1 saturated heterocycles. The van der Waals surface area contributed by atoms with Gasteiger partial charge < -0.3 is 14.7 Å². The Morgan fingerprint density at radius 2 is 1.90 bits per heavy atom. The van der Waals surface area contributed by atoms with E-state index in [2.05, 4.69) is 31.9 Å². The van der Waals surface area contributed by atoms with Crippen LogP contribution in [0, 0.1) is 11.3 Å². The number of nitriles is 1. The summed E-state index contributed by atoms with van der Waals surface area (Å²) < 4.78 is 6.16. The van der Waals surface area contributed by atoms with Gasteiger partial charge in [0, 0.05) is 13.1 Å². The molecular weight excluding hydrogens is 404 g/mol. The Morgan fingerprint density at radius 1 is 1.33 bits per heavy atom. The monoisotopic (exact) mass is 414 g/mol. The lowest BCUT2D eigenvalue weighted by molar-refractivity contribution is -0.130. The third-order valence-electron chi connectivity index (χ3n) is 3.00. The molecule has 1 aromatic carbocycles. The molecule has 1 amide bonds. The van der Waals surface area contributed by atoms with Crippen molar-refractivity contribution in [3.05, 3.63) is 32.2 Å². The van der Waals surface area contributed by atoms with Crippen LogP contribution in [-0.2, 0) is 9.53 Å². The summed E-state index contributed by atoms with van der Waals surface area (Å²) in [5.74, 6) is -0.230. The van der Waals surface area contributed by atoms with Crippen LogP contribution >= 0.6 is 31.9 Å². The van der Waals surface area contributed by atoms with Gasteiger partial charge in [0.1, 0.15) is 17.4 Å². The minimum absolute atomic E-state index is 0.0568. The Morgan fingerprint density at radius 3 is 2.43 bits per heavy atom. The molecule has 110 valence electrons. The number of benzene rings is 1. The maximum Gasteiger partial charge on any atom is 0.264 e. The van der Waals surface area contributed by atoms with E-state index < -0.39 is 0 Å². The van der Waals surface area contributed by atoms with Gasteiger partial charge in [0.15, 0.2) is 0 Å². The molecule has 0 aromatic heterocycles. The molecule has 2 rings (SSSR count). The molecule has 0 aliphatic carbocycles. The van der Waals surface area contributed by atoms with Crippen LogP contribution in [0.1, 0.15) is 5.56 Å². The van der Waals surface area contributed by atoms with E-state index in [1.165, 1.54) is 6.08 Å². The Hall–Kier alpha value is -1.36. The van der Waals surface area contributed by atoms with Crippen molar-refractivity contribution < 1.29 is 14.6 Å². The molecule has 0 spiro atoms. The zero-order chi connectivity index (χ0) is 15.4. The molecule has 0 unspecified atom stereocenters. The van der Waals surface area contributed by atoms with E-state index in [-0.39, 0.29) is 17.2 Å². The van der Waals surface area contributed by atoms with Crippen LogP contribution in [-0.4, -0.2) is 42.2 Å². The number of ether oxygens (including phenoxy) is 1. The number of morpholine rings is 1. The lowest BCUT2D eigenvalue weighted by Crippen LogP contribution is -2.41. The topological polar surface area (TPSA) is 73.6 Å². The smallest absolute Gasteiger partial charge is 0.264 e. The summed E-state index contributed by atoms with van der Waals surface area (Å²) in [7, 11) is 0. The van der Waals surface area contributed by atoms with Gasteiger partial charge in [-0.2, -0.15) is 5.26 Å². The highest BCUT2D eigenvalue weighted by molar-refractivity contribution is 9.11. The quantitative estimate of drug-likeness (QED) is 0.595. The number of halogens is 2. The SMILES string of the molecule is N#C/C(=C\c1cc(Br)c(O)c(Br)c1)C(=O)N1CCOCC1. The number of hydrogen-bond acceptors (Lipinski definition) is 4. The highest BCUT2D eigenvalue weighted by Gasteiger charge is 2.20. The van der Waals surface area contributed by atoms with Gasteiger partial charge in [-0.3, -0.25) is 4.79 Å². The van der Waals surface area contributed by atoms with Crippen molar-refractivity contribution in [2.45, 2.75) is 0 Å². The van der Waals surface area contributed by atoms with Crippen molar-refractivity contribution in [2.75, 3.05) is 26.3 Å². The first kappa shape index (κ1) is 16.0. The van der Waals surface area contributed by atoms with E-state index in [0.29, 0.717) is 40.8 Å². The van der Waals surface area contributed by atoms with Gasteiger partial charge in [-0.1, -0.05) is 0 Å². The number of phenols is 1. The highest BCUT2D eigenvalue weighted by Crippen LogP contribution is 2.34. The van der Waals surface area contributed by atoms with E-state index in [1.807, 2.05) is 6.07 Å². The summed E-state index contributed by atoms with van der Waals surface area (Å²) in [6.45, 7) is 1.95. The summed E-state index contributed by atoms with van der Waals surface area (Å²) >= 11 is 6.44. The molecule has 1 aromatic rings. The summed E-state index contributed by atoms with van der Waals surface area (Å²) in [5, 5.41) is 18.9. The van der Waals surface area contributed by atoms with Gasteiger partial charge in [0.25, 0.3) is 5.91 Å². The van der Waals surface area contributed by atoms with Gasteiger partial charge in [-0.05, 0) is 55.6 Å². The van der Waals surface area contributed by atoms with E-state index in [0.717, 1.165) is 0 Å². The minimum Gasteiger partial charge on any atom is -0.506 e. The maximum absolute atomic E-state index is 12.3. The van der Waals surface area contributed by atoms with Gasteiger partial charge in [0.05, 0.1) is 22.2 Å². The third kappa shape index (κ3) is 3.84. The fourth-order valence-corrected chi connectivity index (χ4v) is 3.14. The van der Waals surface area contributed by atoms with Crippen LogP contribution in [0.3, 0.4) is 0 Å². The van der Waals surface area contributed by atoms with Gasteiger partial charge >= 0.3 is 0 Å². The lowest BCUT2D eigenvalue weighted by atomic mass is 10.1. The summed E-state index contributed by atoms with van der Waals surface area (Å²) in [6.07, 6.45) is 1.51. The zero-order valence-corrected chi connectivity index (χ0v) is 14.1. The summed E-state index contributed by atoms with van der Waals surface area (Å²) in [4.78, 5) is 13.9. The van der Waals surface area contributed by atoms with Crippen molar-refractivity contribution in [2.24, 2.45) is 0 Å². The Labute approximate surface area is 139 Å². The highest BCUT2D eigenvalue weighted by atomic mass is 79.9. The van der Waals surface area contributed by atoms with Gasteiger partial charge in [0.2, 0.25) is 0 Å². The average Bonchev–Trinajstić information content (AvgIpc) is 2.50. The van der Waals surface area contributed by atoms with Crippen LogP contribution in [0.4, 0.5) is 0 Å². The predicted octanol–water partition coefficient (Wildman–Crippen LogP) is 2.68. The first-order chi connectivity index (χ1) is 10.0. The van der Waals surface area contributed by atoms with Crippen molar-refractivity contribution >= 4 is 43.8 Å². The number of phenolic OH excluding ortho intramolecular Hbond substituents is 1. The van der Waals surface area contributed by atoms with E-state index in [4.69, 9.17) is 4.74 Å². The third-order valence-corrected chi connectivity index (χ3v) is 4.21. The molecule has 7 heteroatoms. The minimum atomic E-state index is -0.305. The normalized spacial score (nSPS) is 15.7. The van der Waals surface area contributed by atoms with Crippen LogP contribution in [0.5, 0.6) is 5.75 Å². The lowest BCUT2D eigenvalue weighted by Gasteiger charge is -2.26. The Balaban J connectivity index is 2.28. The molecule has 1 aliphatic rings. The number of amides is 1. The number of aromatic hydroxyl groups is 1. The number of rotatable bonds is 2. The van der Waals surface area contributed by atoms with E-state index in [1.54, 1.807) is 17.0 Å². The van der Waals surface area contributed by atoms with Crippen LogP contribution in [0.25, 0.3) is 6.08 Å². The molecular formula is C14H12Br2N2O3. The second kappa shape index (κ2) is 7.07. The largest absolute Gasteiger partial charge is 0.506 e. The first-order valence-electron chi connectivity index (χ1n) is 6.19. The molecule has 1 N–H and O–H groups in total. The first-order valence-corrected chi connectivity index (χ1v) is 7.78. The molecule has 1 aliphatic heterocycles. The van der Waals surface area contributed by atoms with Crippen molar-refractivity contribution in [1.82, 2.24) is 4.90 Å². The Kier molecular flexibility index (Phi) is 5.39. The summed E-state index contributed by atoms with van der Waals surface area (Å²) in [6, 6.07) is 5.22. The average molecular weight is 416 g/mol. The van der Waals surface area contributed by atoms with Crippen LogP contribution in [0.15, 0.2) is 26.7 Å². The number of carbonyl (C=O) groups excluding carboxylic acids is 1. The molecule has 21 heavy (non-hydrogen) atoms. The molecule has 0 bridgehead atoms. The predicted molar refractivity (Wildman–Crippen MR) is 84.5 cm³/mol. The van der Waals surface area contributed by atoms with Gasteiger partial charge in [-0.15, -0.1) is 0 Å². The fraction of sp³-hybridized carbons (Fsp3) is 0.286. The number of hydrogen-bond donors (Lipinski definition) is 1. The van der Waals surface area contributed by atoms with Crippen molar-refractivity contribution in [1.29, 1.82) is 5.26 Å². The summed E-state index contributed by atoms with van der Waals surface area (Å²) in [5.41, 5.74) is 0.700. The Bertz CT molecular complexity index is 609. The van der Waals surface area contributed by atoms with Crippen LogP contribution < -0.4 is 0 Å². The molecule has 0 radical (unpaired) electrons. The van der Waals surface area contributed by atoms with Crippen molar-refractivity contribution in [3.63, 3.8) is 0 Å². The van der Waals surface area contributed by atoms with E-state index >= 15 is 0 Å². The molecule has 5 nitrogen and oxygen atoms in total. The zero-order valence-electron chi connectivity index (χ0n) is 11.0. The maximum atomic E-state index is 12.3. The number of carbonyl (C=O) groups is 1. The standard InChI is InChI=1S/C14H12Br2N2O3/c15-11-6-9(7-12(16)13(11)19)5-10(8-17)14(20)18-1-3-21-4-2-18/h5-7,19H,1-4H2/b10-5+. The van der Waals surface area contributed by atoms with Crippen molar-refractivity contribution in [3.8, 4) is 11.8 Å². The van der Waals surface area contributed by atoms with Gasteiger partial charge in [-0.25, -0.2) is 0 Å². The molecule has 1 fully saturated rings. The van der Waals surface area contributed by atoms with E-state index in [9.17, 15) is 15.2 Å². The molecule has 0 saturated carbocycles.